The molecule has 0 aliphatic heterocycles. The summed E-state index contributed by atoms with van der Waals surface area (Å²) in [5, 5.41) is 6.61. The molecular weight excluding hydrogens is 452 g/mol. The van der Waals surface area contributed by atoms with Crippen molar-refractivity contribution in [1.29, 1.82) is 0 Å². The quantitative estimate of drug-likeness (QED) is 0.370. The van der Waals surface area contributed by atoms with Gasteiger partial charge in [-0.3, -0.25) is 9.78 Å². The van der Waals surface area contributed by atoms with Crippen LogP contribution in [-0.4, -0.2) is 25.3 Å². The number of benzene rings is 1. The van der Waals surface area contributed by atoms with E-state index in [2.05, 4.69) is 37.8 Å². The van der Waals surface area contributed by atoms with Gasteiger partial charge in [0.25, 0.3) is 0 Å². The summed E-state index contributed by atoms with van der Waals surface area (Å²) < 4.78 is 2.04. The van der Waals surface area contributed by atoms with Crippen LogP contribution in [0.25, 0.3) is 5.65 Å². The number of amides is 1. The van der Waals surface area contributed by atoms with Crippen molar-refractivity contribution in [3.8, 4) is 0 Å². The second-order valence-electron chi connectivity index (χ2n) is 9.07. The van der Waals surface area contributed by atoms with Crippen LogP contribution in [0.2, 0.25) is 5.02 Å². The molecule has 3 heterocycles. The first-order chi connectivity index (χ1) is 16.5. The fraction of sp³-hybridized carbons (Fsp3) is 0.280. The second kappa shape index (κ2) is 8.29. The normalized spacial score (nSPS) is 19.2. The first-order valence-electron chi connectivity index (χ1n) is 11.4. The number of imidazole rings is 1. The third kappa shape index (κ3) is 4.41. The lowest BCUT2D eigenvalue weighted by Gasteiger charge is -2.08. The van der Waals surface area contributed by atoms with Crippen LogP contribution in [0.4, 0.5) is 11.6 Å². The lowest BCUT2D eigenvalue weighted by atomic mass is 10.1. The van der Waals surface area contributed by atoms with Crippen LogP contribution in [0.5, 0.6) is 0 Å². The number of pyridine rings is 1. The number of carbonyl (C=O) groups excluding carboxylic acids is 1. The Morgan fingerprint density at radius 1 is 1.12 bits per heavy atom. The summed E-state index contributed by atoms with van der Waals surface area (Å²) >= 11 is 6.07. The maximum atomic E-state index is 12.7. The van der Waals surface area contributed by atoms with Gasteiger partial charge < -0.3 is 15.0 Å². The van der Waals surface area contributed by atoms with E-state index < -0.39 is 5.69 Å². The Labute approximate surface area is 200 Å². The number of halogens is 1. The highest BCUT2D eigenvalue weighted by atomic mass is 35.5. The molecule has 2 atom stereocenters. The van der Waals surface area contributed by atoms with Crippen molar-refractivity contribution in [3.05, 3.63) is 87.2 Å². The van der Waals surface area contributed by atoms with Crippen LogP contribution in [0.3, 0.4) is 0 Å². The van der Waals surface area contributed by atoms with E-state index in [-0.39, 0.29) is 17.7 Å². The van der Waals surface area contributed by atoms with Gasteiger partial charge in [-0.1, -0.05) is 29.8 Å². The van der Waals surface area contributed by atoms with Crippen molar-refractivity contribution < 1.29 is 4.79 Å². The molecule has 0 bridgehead atoms. The lowest BCUT2D eigenvalue weighted by molar-refractivity contribution is -0.117. The van der Waals surface area contributed by atoms with Crippen LogP contribution in [-0.2, 0) is 11.3 Å². The predicted octanol–water partition coefficient (Wildman–Crippen LogP) is 4.30. The van der Waals surface area contributed by atoms with Gasteiger partial charge in [0.05, 0.1) is 12.2 Å². The number of H-pyrrole nitrogens is 1. The first kappa shape index (κ1) is 20.9. The predicted molar refractivity (Wildman–Crippen MR) is 130 cm³/mol. The highest BCUT2D eigenvalue weighted by Crippen LogP contribution is 2.48. The monoisotopic (exact) mass is 474 g/mol. The highest BCUT2D eigenvalue weighted by Gasteiger charge is 2.44. The smallest absolute Gasteiger partial charge is 0.348 e. The molecule has 0 radical (unpaired) electrons. The number of nitrogens with zero attached hydrogens (tertiary/aromatic N) is 3. The van der Waals surface area contributed by atoms with Gasteiger partial charge in [0.2, 0.25) is 5.91 Å². The highest BCUT2D eigenvalue weighted by molar-refractivity contribution is 6.30. The average Bonchev–Trinajstić information content (AvgIpc) is 3.73. The van der Waals surface area contributed by atoms with Gasteiger partial charge in [-0.05, 0) is 60.4 Å². The van der Waals surface area contributed by atoms with E-state index in [4.69, 9.17) is 11.6 Å². The Balaban J connectivity index is 1.11. The third-order valence-electron chi connectivity index (χ3n) is 6.43. The maximum Gasteiger partial charge on any atom is 0.348 e. The minimum absolute atomic E-state index is 0.135. The zero-order chi connectivity index (χ0) is 23.2. The van der Waals surface area contributed by atoms with E-state index >= 15 is 0 Å². The Bertz CT molecular complexity index is 1460. The molecule has 2 saturated carbocycles. The summed E-state index contributed by atoms with van der Waals surface area (Å²) in [6.07, 6.45) is 7.38. The molecule has 0 spiro atoms. The Morgan fingerprint density at radius 2 is 2.00 bits per heavy atom. The van der Waals surface area contributed by atoms with Crippen LogP contribution < -0.4 is 16.3 Å². The molecule has 34 heavy (non-hydrogen) atoms. The van der Waals surface area contributed by atoms with Crippen LogP contribution in [0.1, 0.15) is 47.9 Å². The standard InChI is InChI=1S/C25H23ClN6O2/c26-17-3-1-2-15(8-17)19-9-20(19)24(33)29-22-10-21(30-25(34)31-22)27-11-18-13-32-12-16(14-4-5-14)6-7-23(32)28-18/h1-3,6-8,10,12-14,19-20H,4-5,9,11H2,(H3,27,29,30,31,33,34). The summed E-state index contributed by atoms with van der Waals surface area (Å²) in [6.45, 7) is 0.406. The minimum atomic E-state index is -0.536. The summed E-state index contributed by atoms with van der Waals surface area (Å²) in [6, 6.07) is 13.4. The first-order valence-corrected chi connectivity index (χ1v) is 11.8. The SMILES string of the molecule is O=C(Nc1cc(NCc2cn3cc(C4CC4)ccc3n2)nc(=O)[nH]1)C1CC1c1cccc(Cl)c1. The van der Waals surface area contributed by atoms with Crippen molar-refractivity contribution in [2.45, 2.75) is 37.6 Å². The number of anilines is 2. The van der Waals surface area contributed by atoms with Crippen molar-refractivity contribution in [1.82, 2.24) is 19.4 Å². The average molecular weight is 475 g/mol. The molecule has 2 aliphatic carbocycles. The molecule has 0 saturated heterocycles. The Hall–Kier alpha value is -3.65. The van der Waals surface area contributed by atoms with E-state index in [1.54, 1.807) is 6.07 Å². The fourth-order valence-corrected chi connectivity index (χ4v) is 4.62. The molecule has 2 aliphatic rings. The van der Waals surface area contributed by atoms with E-state index in [0.29, 0.717) is 29.1 Å². The van der Waals surface area contributed by atoms with Gasteiger partial charge in [-0.15, -0.1) is 0 Å². The maximum absolute atomic E-state index is 12.7. The van der Waals surface area contributed by atoms with Gasteiger partial charge >= 0.3 is 5.69 Å². The number of fused-ring (bicyclic) bond motifs is 1. The Morgan fingerprint density at radius 3 is 2.82 bits per heavy atom. The fourth-order valence-electron chi connectivity index (χ4n) is 4.42. The lowest BCUT2D eigenvalue weighted by Crippen LogP contribution is -2.21. The van der Waals surface area contributed by atoms with E-state index in [0.717, 1.165) is 23.3 Å². The number of nitrogens with one attached hydrogen (secondary N) is 3. The summed E-state index contributed by atoms with van der Waals surface area (Å²) in [4.78, 5) is 36.0. The Kier molecular flexibility index (Phi) is 5.10. The van der Waals surface area contributed by atoms with Gasteiger partial charge in [0.1, 0.15) is 17.3 Å². The third-order valence-corrected chi connectivity index (χ3v) is 6.66. The molecule has 3 aromatic heterocycles. The van der Waals surface area contributed by atoms with E-state index in [1.807, 2.05) is 40.9 Å². The number of hydrogen-bond donors (Lipinski definition) is 3. The number of rotatable bonds is 7. The van der Waals surface area contributed by atoms with Crippen LogP contribution in [0.15, 0.2) is 59.7 Å². The number of hydrogen-bond acceptors (Lipinski definition) is 5. The molecule has 8 nitrogen and oxygen atoms in total. The molecule has 4 aromatic rings. The molecule has 1 amide bonds. The van der Waals surface area contributed by atoms with Crippen LogP contribution >= 0.6 is 11.6 Å². The molecule has 1 aromatic carbocycles. The molecule has 2 fully saturated rings. The zero-order valence-electron chi connectivity index (χ0n) is 18.3. The molecule has 2 unspecified atom stereocenters. The number of aromatic amines is 1. The van der Waals surface area contributed by atoms with Gasteiger partial charge in [0, 0.05) is 29.4 Å². The summed E-state index contributed by atoms with van der Waals surface area (Å²) in [7, 11) is 0. The molecule has 3 N–H and O–H groups in total. The van der Waals surface area contributed by atoms with Gasteiger partial charge in [-0.25, -0.2) is 9.78 Å². The summed E-state index contributed by atoms with van der Waals surface area (Å²) in [5.41, 5.74) is 3.57. The topological polar surface area (TPSA) is 104 Å². The van der Waals surface area contributed by atoms with Crippen molar-refractivity contribution in [2.75, 3.05) is 10.6 Å². The number of aromatic nitrogens is 4. The summed E-state index contributed by atoms with van der Waals surface area (Å²) in [5.74, 6) is 1.22. The largest absolute Gasteiger partial charge is 0.364 e. The van der Waals surface area contributed by atoms with Crippen molar-refractivity contribution in [2.24, 2.45) is 5.92 Å². The van der Waals surface area contributed by atoms with E-state index in [1.165, 1.54) is 18.4 Å². The molecule has 9 heteroatoms. The number of carbonyl (C=O) groups is 1. The zero-order valence-corrected chi connectivity index (χ0v) is 19.0. The van der Waals surface area contributed by atoms with Crippen molar-refractivity contribution >= 4 is 34.8 Å². The van der Waals surface area contributed by atoms with Gasteiger partial charge in [-0.2, -0.15) is 4.98 Å². The molecule has 6 rings (SSSR count). The minimum Gasteiger partial charge on any atom is -0.364 e. The van der Waals surface area contributed by atoms with Crippen molar-refractivity contribution in [3.63, 3.8) is 0 Å². The van der Waals surface area contributed by atoms with Crippen LogP contribution in [0, 0.1) is 5.92 Å². The second-order valence-corrected chi connectivity index (χ2v) is 9.50. The molecule has 172 valence electrons. The van der Waals surface area contributed by atoms with Gasteiger partial charge in [0.15, 0.2) is 0 Å². The molecular formula is C25H23ClN6O2. The van der Waals surface area contributed by atoms with E-state index in [9.17, 15) is 9.59 Å².